The highest BCUT2D eigenvalue weighted by Crippen LogP contribution is 2.30. The van der Waals surface area contributed by atoms with Gasteiger partial charge in [0.05, 0.1) is 5.56 Å². The van der Waals surface area contributed by atoms with Crippen LogP contribution in [0.5, 0.6) is 0 Å². The minimum Gasteiger partial charge on any atom is -0.360 e. The van der Waals surface area contributed by atoms with E-state index in [1.165, 1.54) is 0 Å². The molecule has 1 heterocycles. The van der Waals surface area contributed by atoms with E-state index in [0.29, 0.717) is 0 Å². The number of aromatic nitrogens is 1. The Hall–Kier alpha value is -3.09. The van der Waals surface area contributed by atoms with Gasteiger partial charge in [0.25, 0.3) is 5.91 Å². The number of amides is 1. The van der Waals surface area contributed by atoms with Crippen LogP contribution < -0.4 is 10.7 Å². The SMILES string of the molecule is O=C(NCc1ccccc1)c1c[nH]c2cc(C(F)(F)F)ccc2c1=O. The maximum Gasteiger partial charge on any atom is 0.416 e. The molecule has 0 fully saturated rings. The van der Waals surface area contributed by atoms with Gasteiger partial charge in [-0.3, -0.25) is 9.59 Å². The lowest BCUT2D eigenvalue weighted by Crippen LogP contribution is -2.28. The zero-order valence-corrected chi connectivity index (χ0v) is 12.9. The first-order valence-corrected chi connectivity index (χ1v) is 7.41. The number of hydrogen-bond acceptors (Lipinski definition) is 2. The van der Waals surface area contributed by atoms with Crippen molar-refractivity contribution in [1.82, 2.24) is 10.3 Å². The van der Waals surface area contributed by atoms with Crippen LogP contribution in [0.1, 0.15) is 21.5 Å². The van der Waals surface area contributed by atoms with Gasteiger partial charge in [-0.15, -0.1) is 0 Å². The lowest BCUT2D eigenvalue weighted by atomic mass is 10.1. The van der Waals surface area contributed by atoms with E-state index in [2.05, 4.69) is 10.3 Å². The molecule has 2 aromatic carbocycles. The predicted molar refractivity (Wildman–Crippen MR) is 87.2 cm³/mol. The number of alkyl halides is 3. The topological polar surface area (TPSA) is 62.0 Å². The molecular weight excluding hydrogens is 333 g/mol. The summed E-state index contributed by atoms with van der Waals surface area (Å²) >= 11 is 0. The fraction of sp³-hybridized carbons (Fsp3) is 0.111. The van der Waals surface area contributed by atoms with E-state index in [9.17, 15) is 22.8 Å². The van der Waals surface area contributed by atoms with E-state index in [4.69, 9.17) is 0 Å². The quantitative estimate of drug-likeness (QED) is 0.763. The Morgan fingerprint density at radius 3 is 2.48 bits per heavy atom. The molecule has 1 amide bonds. The number of fused-ring (bicyclic) bond motifs is 1. The summed E-state index contributed by atoms with van der Waals surface area (Å²) in [5.74, 6) is -0.591. The van der Waals surface area contributed by atoms with Crippen LogP contribution in [0.25, 0.3) is 10.9 Å². The maximum atomic E-state index is 12.7. The van der Waals surface area contributed by atoms with Crippen molar-refractivity contribution in [3.63, 3.8) is 0 Å². The summed E-state index contributed by atoms with van der Waals surface area (Å²) in [5, 5.41) is 2.65. The lowest BCUT2D eigenvalue weighted by Gasteiger charge is -2.09. The predicted octanol–water partition coefficient (Wildman–Crippen LogP) is 3.48. The minimum atomic E-state index is -4.50. The van der Waals surface area contributed by atoms with Crippen LogP contribution in [-0.4, -0.2) is 10.9 Å². The van der Waals surface area contributed by atoms with Crippen LogP contribution in [0.2, 0.25) is 0 Å². The van der Waals surface area contributed by atoms with E-state index >= 15 is 0 Å². The number of carbonyl (C=O) groups is 1. The van der Waals surface area contributed by atoms with Gasteiger partial charge in [0.2, 0.25) is 5.43 Å². The summed E-state index contributed by atoms with van der Waals surface area (Å²) in [4.78, 5) is 27.2. The third-order valence-electron chi connectivity index (χ3n) is 3.75. The Labute approximate surface area is 140 Å². The average Bonchev–Trinajstić information content (AvgIpc) is 2.60. The molecule has 3 aromatic rings. The second-order valence-electron chi connectivity index (χ2n) is 5.46. The molecule has 1 aromatic heterocycles. The summed E-state index contributed by atoms with van der Waals surface area (Å²) < 4.78 is 38.2. The highest BCUT2D eigenvalue weighted by Gasteiger charge is 2.30. The molecule has 7 heteroatoms. The molecule has 0 saturated carbocycles. The molecule has 0 saturated heterocycles. The third kappa shape index (κ3) is 3.55. The van der Waals surface area contributed by atoms with Crippen molar-refractivity contribution in [3.05, 3.63) is 81.6 Å². The highest BCUT2D eigenvalue weighted by atomic mass is 19.4. The van der Waals surface area contributed by atoms with Crippen molar-refractivity contribution in [3.8, 4) is 0 Å². The highest BCUT2D eigenvalue weighted by molar-refractivity contribution is 5.97. The molecule has 2 N–H and O–H groups in total. The van der Waals surface area contributed by atoms with E-state index in [1.807, 2.05) is 30.3 Å². The molecule has 0 aliphatic rings. The van der Waals surface area contributed by atoms with Crippen LogP contribution in [0.3, 0.4) is 0 Å². The number of hydrogen-bond donors (Lipinski definition) is 2. The van der Waals surface area contributed by atoms with Gasteiger partial charge in [-0.2, -0.15) is 13.2 Å². The first-order valence-electron chi connectivity index (χ1n) is 7.41. The number of nitrogens with one attached hydrogen (secondary N) is 2. The van der Waals surface area contributed by atoms with Crippen LogP contribution in [-0.2, 0) is 12.7 Å². The van der Waals surface area contributed by atoms with Crippen molar-refractivity contribution in [2.24, 2.45) is 0 Å². The standard InChI is InChI=1S/C18H13F3N2O2/c19-18(20,21)12-6-7-13-15(8-12)22-10-14(16(13)24)17(25)23-9-11-4-2-1-3-5-11/h1-8,10H,9H2,(H,22,24)(H,23,25). The Kier molecular flexibility index (Phi) is 4.31. The Morgan fingerprint density at radius 2 is 1.80 bits per heavy atom. The van der Waals surface area contributed by atoms with Gasteiger partial charge in [0, 0.05) is 23.6 Å². The Balaban J connectivity index is 1.88. The fourth-order valence-corrected chi connectivity index (χ4v) is 2.44. The largest absolute Gasteiger partial charge is 0.416 e. The Bertz CT molecular complexity index is 979. The van der Waals surface area contributed by atoms with Crippen LogP contribution in [0.15, 0.2) is 59.5 Å². The average molecular weight is 346 g/mol. The van der Waals surface area contributed by atoms with Gasteiger partial charge in [-0.1, -0.05) is 30.3 Å². The summed E-state index contributed by atoms with van der Waals surface area (Å²) in [6.07, 6.45) is -3.37. The summed E-state index contributed by atoms with van der Waals surface area (Å²) in [6.45, 7) is 0.240. The van der Waals surface area contributed by atoms with Crippen molar-refractivity contribution < 1.29 is 18.0 Å². The molecule has 0 unspecified atom stereocenters. The number of carbonyl (C=O) groups excluding carboxylic acids is 1. The molecule has 128 valence electrons. The third-order valence-corrected chi connectivity index (χ3v) is 3.75. The molecule has 25 heavy (non-hydrogen) atoms. The van der Waals surface area contributed by atoms with Crippen molar-refractivity contribution in [2.75, 3.05) is 0 Å². The number of rotatable bonds is 3. The number of pyridine rings is 1. The zero-order valence-electron chi connectivity index (χ0n) is 12.9. The molecule has 0 aliphatic carbocycles. The van der Waals surface area contributed by atoms with E-state index in [-0.39, 0.29) is 23.0 Å². The minimum absolute atomic E-state index is 0.0273. The maximum absolute atomic E-state index is 12.7. The summed E-state index contributed by atoms with van der Waals surface area (Å²) in [5.41, 5.74) is -0.740. The van der Waals surface area contributed by atoms with Crippen molar-refractivity contribution >= 4 is 16.8 Å². The number of halogens is 3. The van der Waals surface area contributed by atoms with Crippen LogP contribution in [0.4, 0.5) is 13.2 Å². The second kappa shape index (κ2) is 6.43. The normalized spacial score (nSPS) is 11.5. The zero-order chi connectivity index (χ0) is 18.0. The molecule has 0 spiro atoms. The molecule has 0 aliphatic heterocycles. The van der Waals surface area contributed by atoms with Crippen LogP contribution >= 0.6 is 0 Å². The Morgan fingerprint density at radius 1 is 1.08 bits per heavy atom. The first kappa shape index (κ1) is 16.8. The van der Waals surface area contributed by atoms with E-state index < -0.39 is 23.1 Å². The van der Waals surface area contributed by atoms with Gasteiger partial charge in [0.1, 0.15) is 5.56 Å². The van der Waals surface area contributed by atoms with Gasteiger partial charge < -0.3 is 10.3 Å². The van der Waals surface area contributed by atoms with Crippen molar-refractivity contribution in [1.29, 1.82) is 0 Å². The molecule has 0 bridgehead atoms. The molecule has 0 atom stereocenters. The van der Waals surface area contributed by atoms with Gasteiger partial charge >= 0.3 is 6.18 Å². The van der Waals surface area contributed by atoms with E-state index in [0.717, 1.165) is 30.0 Å². The fourth-order valence-electron chi connectivity index (χ4n) is 2.44. The summed E-state index contributed by atoms with van der Waals surface area (Å²) in [7, 11) is 0. The molecule has 4 nitrogen and oxygen atoms in total. The number of H-pyrrole nitrogens is 1. The van der Waals surface area contributed by atoms with Gasteiger partial charge in [-0.05, 0) is 23.8 Å². The number of benzene rings is 2. The second-order valence-corrected chi connectivity index (χ2v) is 5.46. The first-order chi connectivity index (χ1) is 11.9. The lowest BCUT2D eigenvalue weighted by molar-refractivity contribution is -0.137. The monoisotopic (exact) mass is 346 g/mol. The molecule has 3 rings (SSSR count). The van der Waals surface area contributed by atoms with Gasteiger partial charge in [0.15, 0.2) is 0 Å². The number of aromatic amines is 1. The van der Waals surface area contributed by atoms with E-state index in [1.54, 1.807) is 0 Å². The summed E-state index contributed by atoms with van der Waals surface area (Å²) in [6, 6.07) is 11.9. The van der Waals surface area contributed by atoms with Crippen LogP contribution in [0, 0.1) is 0 Å². The molecular formula is C18H13F3N2O2. The van der Waals surface area contributed by atoms with Crippen molar-refractivity contribution in [2.45, 2.75) is 12.7 Å². The molecule has 0 radical (unpaired) electrons. The van der Waals surface area contributed by atoms with Gasteiger partial charge in [-0.25, -0.2) is 0 Å². The smallest absolute Gasteiger partial charge is 0.360 e.